The van der Waals surface area contributed by atoms with Crippen molar-refractivity contribution >= 4 is 27.7 Å². The van der Waals surface area contributed by atoms with Crippen LogP contribution in [-0.2, 0) is 9.53 Å². The van der Waals surface area contributed by atoms with Crippen LogP contribution in [0.5, 0.6) is 0 Å². The number of nitrogens with one attached hydrogen (secondary N) is 1. The standard InChI is InChI=1S/C18H18BrNO3/c1-12(21)23-18(17(22)14-6-4-3-5-7-14)16(20-2)13-8-10-15(19)11-9-13/h3-11,16,18,20H,1-2H3. The van der Waals surface area contributed by atoms with Crippen molar-refractivity contribution in [3.8, 4) is 0 Å². The highest BCUT2D eigenvalue weighted by Gasteiger charge is 2.32. The molecule has 0 aliphatic heterocycles. The van der Waals surface area contributed by atoms with Crippen molar-refractivity contribution in [3.05, 3.63) is 70.2 Å². The Balaban J connectivity index is 2.37. The largest absolute Gasteiger partial charge is 0.452 e. The molecule has 0 spiro atoms. The van der Waals surface area contributed by atoms with Gasteiger partial charge in [-0.1, -0.05) is 58.4 Å². The molecule has 0 amide bonds. The Labute approximate surface area is 144 Å². The molecule has 5 heteroatoms. The summed E-state index contributed by atoms with van der Waals surface area (Å²) in [6.07, 6.45) is -0.930. The summed E-state index contributed by atoms with van der Waals surface area (Å²) in [6, 6.07) is 16.0. The summed E-state index contributed by atoms with van der Waals surface area (Å²) in [5, 5.41) is 3.08. The van der Waals surface area contributed by atoms with Gasteiger partial charge in [0.2, 0.25) is 5.78 Å². The predicted molar refractivity (Wildman–Crippen MR) is 92.3 cm³/mol. The molecule has 0 heterocycles. The second-order valence-corrected chi connectivity index (χ2v) is 5.99. The topological polar surface area (TPSA) is 55.4 Å². The lowest BCUT2D eigenvalue weighted by molar-refractivity contribution is -0.145. The Morgan fingerprint density at radius 1 is 1.04 bits per heavy atom. The molecule has 2 rings (SSSR count). The molecule has 2 unspecified atom stereocenters. The molecule has 0 saturated heterocycles. The minimum atomic E-state index is -0.930. The highest BCUT2D eigenvalue weighted by atomic mass is 79.9. The van der Waals surface area contributed by atoms with E-state index >= 15 is 0 Å². The van der Waals surface area contributed by atoms with Gasteiger partial charge in [-0.15, -0.1) is 0 Å². The predicted octanol–water partition coefficient (Wildman–Crippen LogP) is 3.52. The average molecular weight is 376 g/mol. The van der Waals surface area contributed by atoms with E-state index in [-0.39, 0.29) is 5.78 Å². The first-order valence-electron chi connectivity index (χ1n) is 7.22. The summed E-state index contributed by atoms with van der Waals surface area (Å²) in [5.74, 6) is -0.722. The molecular formula is C18H18BrNO3. The van der Waals surface area contributed by atoms with Crippen LogP contribution in [0.25, 0.3) is 0 Å². The highest BCUT2D eigenvalue weighted by molar-refractivity contribution is 9.10. The first-order valence-corrected chi connectivity index (χ1v) is 8.01. The summed E-state index contributed by atoms with van der Waals surface area (Å²) < 4.78 is 6.28. The third-order valence-corrected chi connectivity index (χ3v) is 3.98. The molecule has 23 heavy (non-hydrogen) atoms. The van der Waals surface area contributed by atoms with Gasteiger partial charge in [-0.3, -0.25) is 9.59 Å². The minimum Gasteiger partial charge on any atom is -0.452 e. The van der Waals surface area contributed by atoms with Gasteiger partial charge in [0.25, 0.3) is 0 Å². The Morgan fingerprint density at radius 2 is 1.65 bits per heavy atom. The number of benzene rings is 2. The van der Waals surface area contributed by atoms with E-state index < -0.39 is 18.1 Å². The number of esters is 1. The quantitative estimate of drug-likeness (QED) is 0.619. The number of hydrogen-bond donors (Lipinski definition) is 1. The Kier molecular flexibility index (Phi) is 6.07. The third-order valence-electron chi connectivity index (χ3n) is 3.45. The van der Waals surface area contributed by atoms with Gasteiger partial charge in [-0.05, 0) is 24.7 Å². The molecule has 0 bridgehead atoms. The van der Waals surface area contributed by atoms with E-state index in [9.17, 15) is 9.59 Å². The van der Waals surface area contributed by atoms with Gasteiger partial charge in [0, 0.05) is 17.0 Å². The normalized spacial score (nSPS) is 13.2. The number of hydrogen-bond acceptors (Lipinski definition) is 4. The molecule has 0 fully saturated rings. The van der Waals surface area contributed by atoms with Crippen molar-refractivity contribution in [2.45, 2.75) is 19.1 Å². The van der Waals surface area contributed by atoms with Gasteiger partial charge in [0.05, 0.1) is 6.04 Å². The number of carbonyl (C=O) groups excluding carboxylic acids is 2. The molecule has 0 aromatic heterocycles. The monoisotopic (exact) mass is 375 g/mol. The molecule has 4 nitrogen and oxygen atoms in total. The number of Topliss-reactive ketones (excluding diaryl/α,β-unsaturated/α-hetero) is 1. The highest BCUT2D eigenvalue weighted by Crippen LogP contribution is 2.24. The molecule has 1 N–H and O–H groups in total. The smallest absolute Gasteiger partial charge is 0.303 e. The van der Waals surface area contributed by atoms with Crippen molar-refractivity contribution < 1.29 is 14.3 Å². The van der Waals surface area contributed by atoms with Gasteiger partial charge in [-0.25, -0.2) is 0 Å². The first-order chi connectivity index (χ1) is 11.0. The van der Waals surface area contributed by atoms with Gasteiger partial charge in [-0.2, -0.15) is 0 Å². The number of likely N-dealkylation sites (N-methyl/N-ethyl adjacent to an activating group) is 1. The zero-order chi connectivity index (χ0) is 16.8. The minimum absolute atomic E-state index is 0.233. The second-order valence-electron chi connectivity index (χ2n) is 5.08. The molecule has 2 aromatic rings. The van der Waals surface area contributed by atoms with Crippen LogP contribution in [-0.4, -0.2) is 24.9 Å². The van der Waals surface area contributed by atoms with Crippen LogP contribution in [0.1, 0.15) is 28.9 Å². The lowest BCUT2D eigenvalue weighted by Gasteiger charge is -2.26. The van der Waals surface area contributed by atoms with Gasteiger partial charge in [0.15, 0.2) is 6.10 Å². The van der Waals surface area contributed by atoms with E-state index in [4.69, 9.17) is 4.74 Å². The SMILES string of the molecule is CNC(c1ccc(Br)cc1)C(OC(C)=O)C(=O)c1ccccc1. The number of ether oxygens (including phenoxy) is 1. The van der Waals surface area contributed by atoms with E-state index in [0.717, 1.165) is 10.0 Å². The number of halogens is 1. The van der Waals surface area contributed by atoms with Gasteiger partial charge >= 0.3 is 5.97 Å². The maximum Gasteiger partial charge on any atom is 0.303 e. The third kappa shape index (κ3) is 4.50. The molecule has 0 radical (unpaired) electrons. The lowest BCUT2D eigenvalue weighted by Crippen LogP contribution is -2.39. The van der Waals surface area contributed by atoms with Crippen LogP contribution < -0.4 is 5.32 Å². The van der Waals surface area contributed by atoms with Gasteiger partial charge in [0.1, 0.15) is 0 Å². The van der Waals surface area contributed by atoms with Crippen LogP contribution in [0.2, 0.25) is 0 Å². The van der Waals surface area contributed by atoms with Crippen LogP contribution in [0.4, 0.5) is 0 Å². The molecular weight excluding hydrogens is 358 g/mol. The summed E-state index contributed by atoms with van der Waals surface area (Å²) in [7, 11) is 1.74. The maximum absolute atomic E-state index is 12.8. The maximum atomic E-state index is 12.8. The zero-order valence-electron chi connectivity index (χ0n) is 13.0. The van der Waals surface area contributed by atoms with Crippen LogP contribution in [0, 0.1) is 0 Å². The molecule has 0 saturated carbocycles. The Bertz CT molecular complexity index is 670. The van der Waals surface area contributed by atoms with Crippen LogP contribution in [0.3, 0.4) is 0 Å². The lowest BCUT2D eigenvalue weighted by atomic mass is 9.95. The zero-order valence-corrected chi connectivity index (χ0v) is 14.5. The number of ketones is 1. The van der Waals surface area contributed by atoms with E-state index in [1.165, 1.54) is 6.92 Å². The van der Waals surface area contributed by atoms with E-state index in [1.54, 1.807) is 31.3 Å². The number of rotatable bonds is 6. The second kappa shape index (κ2) is 8.04. The average Bonchev–Trinajstić information content (AvgIpc) is 2.56. The summed E-state index contributed by atoms with van der Waals surface area (Å²) in [5.41, 5.74) is 1.38. The summed E-state index contributed by atoms with van der Waals surface area (Å²) in [6.45, 7) is 1.31. The molecule has 2 atom stereocenters. The van der Waals surface area contributed by atoms with Crippen LogP contribution in [0.15, 0.2) is 59.1 Å². The molecule has 0 aliphatic rings. The van der Waals surface area contributed by atoms with E-state index in [1.807, 2.05) is 30.3 Å². The van der Waals surface area contributed by atoms with Crippen molar-refractivity contribution in [2.24, 2.45) is 0 Å². The van der Waals surface area contributed by atoms with Crippen molar-refractivity contribution in [1.29, 1.82) is 0 Å². The molecule has 2 aromatic carbocycles. The fourth-order valence-corrected chi connectivity index (χ4v) is 2.65. The molecule has 120 valence electrons. The molecule has 0 aliphatic carbocycles. The Morgan fingerprint density at radius 3 is 2.17 bits per heavy atom. The van der Waals surface area contributed by atoms with E-state index in [0.29, 0.717) is 5.56 Å². The van der Waals surface area contributed by atoms with Crippen molar-refractivity contribution in [1.82, 2.24) is 5.32 Å². The first kappa shape index (κ1) is 17.4. The summed E-state index contributed by atoms with van der Waals surface area (Å²) >= 11 is 3.39. The van der Waals surface area contributed by atoms with Gasteiger partial charge < -0.3 is 10.1 Å². The van der Waals surface area contributed by atoms with Crippen molar-refractivity contribution in [3.63, 3.8) is 0 Å². The Hall–Kier alpha value is -1.98. The summed E-state index contributed by atoms with van der Waals surface area (Å²) in [4.78, 5) is 24.3. The fourth-order valence-electron chi connectivity index (χ4n) is 2.38. The van der Waals surface area contributed by atoms with Crippen LogP contribution >= 0.6 is 15.9 Å². The van der Waals surface area contributed by atoms with E-state index in [2.05, 4.69) is 21.2 Å². The van der Waals surface area contributed by atoms with Crippen molar-refractivity contribution in [2.75, 3.05) is 7.05 Å². The number of carbonyl (C=O) groups is 2. The fraction of sp³-hybridized carbons (Fsp3) is 0.222.